The quantitative estimate of drug-likeness (QED) is 0.250. The lowest BCUT2D eigenvalue weighted by Gasteiger charge is -2.38. The molecular formula is C33H46FN7O6Si. The largest absolute Gasteiger partial charge is 0.465 e. The summed E-state index contributed by atoms with van der Waals surface area (Å²) in [5.74, 6) is 0.0958. The first-order chi connectivity index (χ1) is 22.7. The maximum atomic E-state index is 15.2. The molecule has 3 aliphatic heterocycles. The van der Waals surface area contributed by atoms with Gasteiger partial charge in [0, 0.05) is 12.2 Å². The van der Waals surface area contributed by atoms with Gasteiger partial charge in [0.15, 0.2) is 26.6 Å². The fourth-order valence-electron chi connectivity index (χ4n) is 6.57. The number of likely N-dealkylation sites (tertiary alicyclic amines) is 1. The molecule has 1 aromatic carbocycles. The molecule has 1 aliphatic carbocycles. The molecule has 2 saturated heterocycles. The van der Waals surface area contributed by atoms with E-state index in [-0.39, 0.29) is 71.0 Å². The number of likely N-dealkylation sites (N-methyl/N-ethyl adjacent to an activating group) is 1. The van der Waals surface area contributed by atoms with Gasteiger partial charge in [-0.05, 0) is 93.1 Å². The van der Waals surface area contributed by atoms with Crippen LogP contribution >= 0.6 is 0 Å². The second kappa shape index (κ2) is 13.3. The summed E-state index contributed by atoms with van der Waals surface area (Å²) in [7, 11) is -0.0220. The Bertz CT molecular complexity index is 1590. The number of halogens is 1. The number of benzene rings is 1. The molecule has 3 N–H and O–H groups in total. The van der Waals surface area contributed by atoms with Crippen LogP contribution in [0.1, 0.15) is 44.7 Å². The summed E-state index contributed by atoms with van der Waals surface area (Å²) in [4.78, 5) is 49.3. The molecule has 3 amide bonds. The number of nitrogens with one attached hydrogen (secondary N) is 3. The van der Waals surface area contributed by atoms with Crippen LogP contribution in [0.5, 0.6) is 5.88 Å². The topological polar surface area (TPSA) is 147 Å². The Hall–Kier alpha value is -3.66. The smallest absolute Gasteiger partial charge is 0.415 e. The summed E-state index contributed by atoms with van der Waals surface area (Å²) in [6, 6.07) is 3.00. The van der Waals surface area contributed by atoms with Gasteiger partial charge in [0.1, 0.15) is 11.9 Å². The summed E-state index contributed by atoms with van der Waals surface area (Å²) < 4.78 is 32.6. The van der Waals surface area contributed by atoms with Gasteiger partial charge in [-0.15, -0.1) is 0 Å². The van der Waals surface area contributed by atoms with Crippen molar-refractivity contribution in [1.82, 2.24) is 20.2 Å². The molecule has 15 heteroatoms. The minimum atomic E-state index is -1.96. The zero-order chi connectivity index (χ0) is 34.4. The van der Waals surface area contributed by atoms with Crippen molar-refractivity contribution in [2.24, 2.45) is 5.92 Å². The lowest BCUT2D eigenvalue weighted by atomic mass is 10.1. The first-order valence-electron chi connectivity index (χ1n) is 16.7. The molecule has 4 atom stereocenters. The van der Waals surface area contributed by atoms with Crippen molar-refractivity contribution in [1.29, 1.82) is 0 Å². The molecule has 0 bridgehead atoms. The third-order valence-corrected chi connectivity index (χ3v) is 14.7. The standard InChI is InChI=1S/C33H46FN7O6Si/c1-33(2,3)48(5,6)47-23-13-26(40(4)16-23)30(43)37-21-11-20-9-19(10-24(20)25(34)12-21)14-35-8-7-22-17-41(32(44)46-22)27-15-36-31-29(38-27)39-28(42)18-45-31/h11-12,15,19,22-23,26,35H,7-10,13-14,16-18H2,1-6H3,(H,37,43)(H,38,39,42)/t19?,22?,23-,26+/m1/s1. The van der Waals surface area contributed by atoms with E-state index in [2.05, 4.69) is 59.8 Å². The minimum absolute atomic E-state index is 0.000791. The molecule has 4 heterocycles. The maximum Gasteiger partial charge on any atom is 0.415 e. The van der Waals surface area contributed by atoms with E-state index >= 15 is 4.39 Å². The lowest BCUT2D eigenvalue weighted by molar-refractivity contribution is -0.120. The Morgan fingerprint density at radius 1 is 1.21 bits per heavy atom. The van der Waals surface area contributed by atoms with Gasteiger partial charge >= 0.3 is 6.09 Å². The first kappa shape index (κ1) is 34.2. The molecule has 260 valence electrons. The molecule has 6 rings (SSSR count). The molecule has 0 spiro atoms. The number of anilines is 3. The number of carbonyl (C=O) groups excluding carboxylic acids is 3. The van der Waals surface area contributed by atoms with Crippen LogP contribution in [-0.4, -0.2) is 99.2 Å². The van der Waals surface area contributed by atoms with Gasteiger partial charge in [0.05, 0.1) is 24.9 Å². The normalized spacial score (nSPS) is 24.2. The minimum Gasteiger partial charge on any atom is -0.465 e. The maximum absolute atomic E-state index is 15.2. The summed E-state index contributed by atoms with van der Waals surface area (Å²) in [6.45, 7) is 13.2. The number of nitrogens with zero attached hydrogens (tertiary/aromatic N) is 4. The highest BCUT2D eigenvalue weighted by atomic mass is 28.4. The second-order valence-electron chi connectivity index (χ2n) is 14.9. The van der Waals surface area contributed by atoms with E-state index in [9.17, 15) is 14.4 Å². The Balaban J connectivity index is 0.956. The molecule has 48 heavy (non-hydrogen) atoms. The van der Waals surface area contributed by atoms with E-state index in [0.717, 1.165) is 5.56 Å². The second-order valence-corrected chi connectivity index (χ2v) is 19.6. The Labute approximate surface area is 281 Å². The van der Waals surface area contributed by atoms with E-state index in [0.29, 0.717) is 63.1 Å². The Kier molecular flexibility index (Phi) is 9.50. The number of carbonyl (C=O) groups is 3. The number of fused-ring (bicyclic) bond motifs is 2. The molecule has 2 unspecified atom stereocenters. The summed E-state index contributed by atoms with van der Waals surface area (Å²) in [5.41, 5.74) is 2.11. The van der Waals surface area contributed by atoms with Crippen molar-refractivity contribution in [3.8, 4) is 5.88 Å². The van der Waals surface area contributed by atoms with Gasteiger partial charge in [-0.2, -0.15) is 0 Å². The highest BCUT2D eigenvalue weighted by molar-refractivity contribution is 6.74. The van der Waals surface area contributed by atoms with Crippen LogP contribution in [0.25, 0.3) is 0 Å². The molecule has 2 fully saturated rings. The average molecular weight is 684 g/mol. The van der Waals surface area contributed by atoms with Crippen molar-refractivity contribution in [3.05, 3.63) is 35.3 Å². The van der Waals surface area contributed by atoms with Gasteiger partial charge in [0.2, 0.25) is 5.91 Å². The zero-order valence-corrected chi connectivity index (χ0v) is 29.5. The summed E-state index contributed by atoms with van der Waals surface area (Å²) >= 11 is 0. The van der Waals surface area contributed by atoms with Gasteiger partial charge in [-0.1, -0.05) is 20.8 Å². The van der Waals surface area contributed by atoms with Crippen molar-refractivity contribution in [2.45, 2.75) is 82.8 Å². The van der Waals surface area contributed by atoms with Gasteiger partial charge in [0.25, 0.3) is 11.8 Å². The van der Waals surface area contributed by atoms with Gasteiger partial charge in [-0.3, -0.25) is 19.4 Å². The third-order valence-electron chi connectivity index (χ3n) is 10.2. The Morgan fingerprint density at radius 2 is 2.00 bits per heavy atom. The molecular weight excluding hydrogens is 637 g/mol. The number of aromatic nitrogens is 2. The summed E-state index contributed by atoms with van der Waals surface area (Å²) in [5, 5.41) is 9.09. The molecule has 2 aromatic rings. The van der Waals surface area contributed by atoms with Crippen LogP contribution in [-0.2, 0) is 31.6 Å². The third kappa shape index (κ3) is 7.33. The van der Waals surface area contributed by atoms with Crippen LogP contribution in [0.3, 0.4) is 0 Å². The molecule has 0 saturated carbocycles. The highest BCUT2D eigenvalue weighted by Crippen LogP contribution is 2.39. The van der Waals surface area contributed by atoms with Crippen LogP contribution in [0.2, 0.25) is 18.1 Å². The number of hydrogen-bond donors (Lipinski definition) is 3. The van der Waals surface area contributed by atoms with Crippen LogP contribution in [0.4, 0.5) is 26.5 Å². The van der Waals surface area contributed by atoms with E-state index in [1.165, 1.54) is 17.2 Å². The number of rotatable bonds is 10. The van der Waals surface area contributed by atoms with Crippen molar-refractivity contribution < 1.29 is 32.7 Å². The average Bonchev–Trinajstić information content (AvgIpc) is 3.70. The molecule has 0 radical (unpaired) electrons. The predicted molar refractivity (Wildman–Crippen MR) is 180 cm³/mol. The summed E-state index contributed by atoms with van der Waals surface area (Å²) in [6.07, 6.45) is 3.07. The van der Waals surface area contributed by atoms with Gasteiger partial charge in [-0.25, -0.2) is 19.2 Å². The molecule has 13 nitrogen and oxygen atoms in total. The van der Waals surface area contributed by atoms with Crippen LogP contribution in [0.15, 0.2) is 18.3 Å². The first-order valence-corrected chi connectivity index (χ1v) is 19.6. The van der Waals surface area contributed by atoms with Crippen LogP contribution in [0, 0.1) is 11.7 Å². The van der Waals surface area contributed by atoms with E-state index in [4.69, 9.17) is 13.9 Å². The van der Waals surface area contributed by atoms with Crippen LogP contribution < -0.4 is 25.6 Å². The fraction of sp³-hybridized carbons (Fsp3) is 0.606. The van der Waals surface area contributed by atoms with E-state index in [1.54, 1.807) is 0 Å². The number of ether oxygens (including phenoxy) is 2. The van der Waals surface area contributed by atoms with E-state index < -0.39 is 14.4 Å². The highest BCUT2D eigenvalue weighted by Gasteiger charge is 2.43. The monoisotopic (exact) mass is 683 g/mol. The molecule has 1 aromatic heterocycles. The number of amides is 3. The lowest BCUT2D eigenvalue weighted by Crippen LogP contribution is -2.44. The fourth-order valence-corrected chi connectivity index (χ4v) is 7.93. The van der Waals surface area contributed by atoms with Crippen molar-refractivity contribution in [3.63, 3.8) is 0 Å². The van der Waals surface area contributed by atoms with Crippen molar-refractivity contribution >= 4 is 43.5 Å². The number of cyclic esters (lactones) is 1. The zero-order valence-electron chi connectivity index (χ0n) is 28.5. The predicted octanol–water partition coefficient (Wildman–Crippen LogP) is 3.70. The Morgan fingerprint density at radius 3 is 2.77 bits per heavy atom. The van der Waals surface area contributed by atoms with E-state index in [1.807, 2.05) is 18.0 Å². The number of hydrogen-bond acceptors (Lipinski definition) is 10. The SMILES string of the molecule is CN1C[C@H](O[Si](C)(C)C(C)(C)C)C[C@H]1C(=O)Nc1cc(F)c2c(c1)CC(CNCCC1CN(c3cnc4c(n3)NC(=O)CO4)C(=O)O1)C2. The van der Waals surface area contributed by atoms with Crippen molar-refractivity contribution in [2.75, 3.05) is 55.4 Å². The molecule has 4 aliphatic rings. The van der Waals surface area contributed by atoms with Gasteiger partial charge < -0.3 is 29.9 Å².